The van der Waals surface area contributed by atoms with E-state index in [0.29, 0.717) is 37.6 Å². The first-order chi connectivity index (χ1) is 23.8. The Kier molecular flexibility index (Phi) is 20.9. The quantitative estimate of drug-likeness (QED) is 0.0989. The highest BCUT2D eigenvalue weighted by atomic mass is 16.4. The van der Waals surface area contributed by atoms with Crippen molar-refractivity contribution < 1.29 is 40.2 Å². The molecule has 0 aliphatic rings. The number of aliphatic carboxylic acids is 2. The van der Waals surface area contributed by atoms with E-state index in [2.05, 4.69) is 83.1 Å². The Morgan fingerprint density at radius 2 is 0.654 bits per heavy atom. The molecule has 0 unspecified atom stereocenters. The molecule has 8 heteroatoms. The average Bonchev–Trinajstić information content (AvgIpc) is 2.99. The van der Waals surface area contributed by atoms with Crippen LogP contribution in [0, 0.1) is 0 Å². The SMILES string of the molecule is CC(C)(C)c1cc(CCC(=O)O)cc(C(C)(C)C)c1O.CC(C)(C)c1cc(CCC(=O)O)cc(C(C)(C)C)c1O.OCCCCCCCCCCO. The highest BCUT2D eigenvalue weighted by molar-refractivity contribution is 5.67. The molecular formula is C44H74O8. The summed E-state index contributed by atoms with van der Waals surface area (Å²) < 4.78 is 0. The highest BCUT2D eigenvalue weighted by Gasteiger charge is 2.28. The number of aliphatic hydroxyl groups excluding tert-OH is 2. The molecule has 0 heterocycles. The summed E-state index contributed by atoms with van der Waals surface area (Å²) in [6, 6.07) is 7.75. The summed E-state index contributed by atoms with van der Waals surface area (Å²) in [4.78, 5) is 21.5. The number of rotatable bonds is 15. The molecule has 6 N–H and O–H groups in total. The van der Waals surface area contributed by atoms with Crippen LogP contribution in [-0.2, 0) is 44.1 Å². The summed E-state index contributed by atoms with van der Waals surface area (Å²) in [5.74, 6) is -0.923. The molecule has 2 aromatic rings. The number of aliphatic hydroxyl groups is 2. The van der Waals surface area contributed by atoms with Crippen LogP contribution in [0.25, 0.3) is 0 Å². The van der Waals surface area contributed by atoms with Crippen molar-refractivity contribution in [3.05, 3.63) is 57.6 Å². The van der Waals surface area contributed by atoms with E-state index in [1.54, 1.807) is 0 Å². The van der Waals surface area contributed by atoms with Gasteiger partial charge < -0.3 is 30.6 Å². The normalized spacial score (nSPS) is 12.0. The number of phenolic OH excluding ortho intramolecular Hbond substituents is 2. The van der Waals surface area contributed by atoms with Crippen molar-refractivity contribution in [3.8, 4) is 11.5 Å². The van der Waals surface area contributed by atoms with E-state index in [0.717, 1.165) is 59.1 Å². The van der Waals surface area contributed by atoms with Crippen molar-refractivity contribution in [3.63, 3.8) is 0 Å². The van der Waals surface area contributed by atoms with Gasteiger partial charge in [0.05, 0.1) is 0 Å². The third-order valence-electron chi connectivity index (χ3n) is 8.89. The maximum atomic E-state index is 10.8. The Labute approximate surface area is 315 Å². The summed E-state index contributed by atoms with van der Waals surface area (Å²) >= 11 is 0. The van der Waals surface area contributed by atoms with E-state index < -0.39 is 11.9 Å². The van der Waals surface area contributed by atoms with Gasteiger partial charge in [-0.15, -0.1) is 0 Å². The zero-order chi connectivity index (χ0) is 40.5. The van der Waals surface area contributed by atoms with Gasteiger partial charge in [0.15, 0.2) is 0 Å². The molecule has 0 aliphatic carbocycles. The van der Waals surface area contributed by atoms with Crippen LogP contribution in [0.5, 0.6) is 11.5 Å². The fourth-order valence-corrected chi connectivity index (χ4v) is 5.75. The van der Waals surface area contributed by atoms with Crippen LogP contribution in [0.3, 0.4) is 0 Å². The first-order valence-electron chi connectivity index (χ1n) is 19.2. The molecule has 298 valence electrons. The number of phenols is 2. The largest absolute Gasteiger partial charge is 0.507 e. The molecule has 0 fully saturated rings. The molecular weight excluding hydrogens is 656 g/mol. The van der Waals surface area contributed by atoms with Gasteiger partial charge in [-0.25, -0.2) is 0 Å². The van der Waals surface area contributed by atoms with Gasteiger partial charge in [-0.1, -0.05) is 146 Å². The molecule has 8 nitrogen and oxygen atoms in total. The Balaban J connectivity index is 0.000000778. The summed E-state index contributed by atoms with van der Waals surface area (Å²) in [6.45, 7) is 25.3. The molecule has 2 rings (SSSR count). The second kappa shape index (κ2) is 22.2. The van der Waals surface area contributed by atoms with E-state index in [4.69, 9.17) is 20.4 Å². The van der Waals surface area contributed by atoms with Crippen LogP contribution in [0.2, 0.25) is 0 Å². The summed E-state index contributed by atoms with van der Waals surface area (Å²) in [5.41, 5.74) is 4.76. The molecule has 0 saturated carbocycles. The smallest absolute Gasteiger partial charge is 0.303 e. The zero-order valence-corrected chi connectivity index (χ0v) is 34.7. The van der Waals surface area contributed by atoms with Crippen molar-refractivity contribution in [1.29, 1.82) is 0 Å². The third-order valence-corrected chi connectivity index (χ3v) is 8.89. The molecule has 0 atom stereocenters. The molecule has 2 aromatic carbocycles. The number of carboxylic acids is 2. The van der Waals surface area contributed by atoms with E-state index in [1.807, 2.05) is 24.3 Å². The lowest BCUT2D eigenvalue weighted by Crippen LogP contribution is -2.18. The van der Waals surface area contributed by atoms with Gasteiger partial charge in [0.25, 0.3) is 0 Å². The molecule has 0 radical (unpaired) electrons. The maximum Gasteiger partial charge on any atom is 0.303 e. The minimum absolute atomic E-state index is 0.109. The van der Waals surface area contributed by atoms with E-state index in [-0.39, 0.29) is 34.5 Å². The molecule has 0 bridgehead atoms. The summed E-state index contributed by atoms with van der Waals surface area (Å²) in [6.07, 6.45) is 10.5. The van der Waals surface area contributed by atoms with Crippen LogP contribution < -0.4 is 0 Å². The summed E-state index contributed by atoms with van der Waals surface area (Å²) in [5, 5.41) is 55.8. The molecule has 0 aliphatic heterocycles. The first kappa shape index (κ1) is 48.9. The number of hydrogen-bond acceptors (Lipinski definition) is 6. The predicted molar refractivity (Wildman–Crippen MR) is 214 cm³/mol. The van der Waals surface area contributed by atoms with Gasteiger partial charge in [-0.05, 0) is 80.7 Å². The van der Waals surface area contributed by atoms with E-state index >= 15 is 0 Å². The predicted octanol–water partition coefficient (Wildman–Crippen LogP) is 10.1. The number of unbranched alkanes of at least 4 members (excludes halogenated alkanes) is 7. The van der Waals surface area contributed by atoms with E-state index in [1.165, 1.54) is 25.7 Å². The van der Waals surface area contributed by atoms with Crippen molar-refractivity contribution in [2.75, 3.05) is 13.2 Å². The molecule has 0 amide bonds. The standard InChI is InChI=1S/2C17H26O3.C10H22O2/c2*1-16(2,3)12-9-11(7-8-14(18)19)10-13(15(12)20)17(4,5)6;11-9-7-5-3-1-2-4-6-8-10-12/h2*9-10,20H,7-8H2,1-6H3,(H,18,19);11-12H,1-10H2. The maximum absolute atomic E-state index is 10.8. The Morgan fingerprint density at radius 1 is 0.442 bits per heavy atom. The van der Waals surface area contributed by atoms with Gasteiger partial charge in [0.1, 0.15) is 11.5 Å². The number of hydrogen-bond donors (Lipinski definition) is 6. The van der Waals surface area contributed by atoms with Crippen LogP contribution in [-0.4, -0.2) is 55.8 Å². The summed E-state index contributed by atoms with van der Waals surface area (Å²) in [7, 11) is 0. The van der Waals surface area contributed by atoms with E-state index in [9.17, 15) is 19.8 Å². The number of carboxylic acid groups (broad SMARTS) is 2. The second-order valence-electron chi connectivity index (χ2n) is 18.1. The lowest BCUT2D eigenvalue weighted by atomic mass is 9.78. The van der Waals surface area contributed by atoms with Gasteiger partial charge in [0.2, 0.25) is 0 Å². The zero-order valence-electron chi connectivity index (χ0n) is 34.7. The van der Waals surface area contributed by atoms with Gasteiger partial charge in [0, 0.05) is 26.1 Å². The van der Waals surface area contributed by atoms with Crippen molar-refractivity contribution in [1.82, 2.24) is 0 Å². The Hall–Kier alpha value is -3.10. The topological polar surface area (TPSA) is 156 Å². The van der Waals surface area contributed by atoms with Gasteiger partial charge in [-0.3, -0.25) is 9.59 Å². The monoisotopic (exact) mass is 731 g/mol. The number of carbonyl (C=O) groups is 2. The minimum atomic E-state index is -0.798. The number of aryl methyl sites for hydroxylation is 2. The molecule has 0 spiro atoms. The van der Waals surface area contributed by atoms with Crippen molar-refractivity contribution >= 4 is 11.9 Å². The molecule has 52 heavy (non-hydrogen) atoms. The number of benzene rings is 2. The second-order valence-corrected chi connectivity index (χ2v) is 18.1. The van der Waals surface area contributed by atoms with Crippen molar-refractivity contribution in [2.24, 2.45) is 0 Å². The average molecular weight is 731 g/mol. The minimum Gasteiger partial charge on any atom is -0.507 e. The van der Waals surface area contributed by atoms with Crippen LogP contribution >= 0.6 is 0 Å². The molecule has 0 saturated heterocycles. The first-order valence-corrected chi connectivity index (χ1v) is 19.2. The van der Waals surface area contributed by atoms with Crippen molar-refractivity contribution in [2.45, 2.75) is 182 Å². The lowest BCUT2D eigenvalue weighted by Gasteiger charge is -2.28. The third kappa shape index (κ3) is 19.1. The van der Waals surface area contributed by atoms with Crippen LogP contribution in [0.4, 0.5) is 0 Å². The Morgan fingerprint density at radius 3 is 0.827 bits per heavy atom. The highest BCUT2D eigenvalue weighted by Crippen LogP contribution is 2.41. The van der Waals surface area contributed by atoms with Crippen LogP contribution in [0.15, 0.2) is 24.3 Å². The van der Waals surface area contributed by atoms with Crippen LogP contribution in [0.1, 0.15) is 181 Å². The van der Waals surface area contributed by atoms with Gasteiger partial charge >= 0.3 is 11.9 Å². The fraction of sp³-hybridized carbons (Fsp3) is 0.682. The number of aromatic hydroxyl groups is 2. The molecule has 0 aromatic heterocycles. The Bertz CT molecular complexity index is 1190. The lowest BCUT2D eigenvalue weighted by molar-refractivity contribution is -0.138. The fourth-order valence-electron chi connectivity index (χ4n) is 5.75. The van der Waals surface area contributed by atoms with Gasteiger partial charge in [-0.2, -0.15) is 0 Å².